The minimum atomic E-state index is -0.265. The molecule has 1 unspecified atom stereocenters. The monoisotopic (exact) mass is 277 g/mol. The fourth-order valence-corrected chi connectivity index (χ4v) is 1.66. The zero-order valence-electron chi connectivity index (χ0n) is 8.60. The van der Waals surface area contributed by atoms with Crippen molar-refractivity contribution in [2.75, 3.05) is 13.2 Å². The van der Waals surface area contributed by atoms with Crippen LogP contribution in [0.1, 0.15) is 6.92 Å². The lowest BCUT2D eigenvalue weighted by molar-refractivity contribution is 0.160. The van der Waals surface area contributed by atoms with Gasteiger partial charge in [0.1, 0.15) is 0 Å². The van der Waals surface area contributed by atoms with Crippen molar-refractivity contribution >= 4 is 15.9 Å². The number of aromatic nitrogens is 2. The van der Waals surface area contributed by atoms with Gasteiger partial charge in [0.05, 0.1) is 36.5 Å². The normalized spacial score (nSPS) is 13.4. The molecule has 0 saturated carbocycles. The van der Waals surface area contributed by atoms with Gasteiger partial charge in [-0.25, -0.2) is 0 Å². The molecule has 5 nitrogen and oxygen atoms in total. The molecule has 0 aliphatic carbocycles. The van der Waals surface area contributed by atoms with E-state index in [1.54, 1.807) is 10.9 Å². The summed E-state index contributed by atoms with van der Waals surface area (Å²) in [6.07, 6.45) is 3.60. The van der Waals surface area contributed by atoms with E-state index in [1.165, 1.54) is 0 Å². The van der Waals surface area contributed by atoms with Crippen LogP contribution in [0.2, 0.25) is 0 Å². The summed E-state index contributed by atoms with van der Waals surface area (Å²) in [5.41, 5.74) is 0. The summed E-state index contributed by atoms with van der Waals surface area (Å²) in [4.78, 5) is 0. The van der Waals surface area contributed by atoms with Crippen molar-refractivity contribution in [3.05, 3.63) is 16.9 Å². The number of aliphatic hydroxyl groups is 2. The van der Waals surface area contributed by atoms with Gasteiger partial charge in [-0.05, 0) is 22.9 Å². The number of hydrogen-bond acceptors (Lipinski definition) is 4. The molecule has 1 atom stereocenters. The first kappa shape index (κ1) is 12.6. The van der Waals surface area contributed by atoms with Crippen LogP contribution < -0.4 is 5.32 Å². The molecule has 0 aliphatic rings. The van der Waals surface area contributed by atoms with Crippen LogP contribution in [0.25, 0.3) is 0 Å². The van der Waals surface area contributed by atoms with Crippen LogP contribution in [0.15, 0.2) is 16.9 Å². The van der Waals surface area contributed by atoms with Crippen LogP contribution in [-0.4, -0.2) is 45.3 Å². The van der Waals surface area contributed by atoms with Crippen molar-refractivity contribution in [1.29, 1.82) is 0 Å². The fraction of sp³-hybridized carbons (Fsp3) is 0.667. The Balaban J connectivity index is 2.38. The van der Waals surface area contributed by atoms with Gasteiger partial charge >= 0.3 is 0 Å². The second-order valence-electron chi connectivity index (χ2n) is 3.51. The van der Waals surface area contributed by atoms with Crippen molar-refractivity contribution in [2.45, 2.75) is 25.6 Å². The minimum absolute atomic E-state index is 0.0658. The van der Waals surface area contributed by atoms with E-state index in [4.69, 9.17) is 10.2 Å². The number of rotatable bonds is 6. The third-order valence-corrected chi connectivity index (χ3v) is 2.43. The Morgan fingerprint density at radius 1 is 1.53 bits per heavy atom. The summed E-state index contributed by atoms with van der Waals surface area (Å²) < 4.78 is 2.74. The molecule has 3 N–H and O–H groups in total. The molecule has 15 heavy (non-hydrogen) atoms. The van der Waals surface area contributed by atoms with Gasteiger partial charge in [0, 0.05) is 12.2 Å². The van der Waals surface area contributed by atoms with E-state index < -0.39 is 0 Å². The van der Waals surface area contributed by atoms with Crippen molar-refractivity contribution in [3.8, 4) is 0 Å². The lowest BCUT2D eigenvalue weighted by Crippen LogP contribution is -2.43. The van der Waals surface area contributed by atoms with Crippen molar-refractivity contribution in [3.63, 3.8) is 0 Å². The Bertz CT molecular complexity index is 289. The molecule has 0 radical (unpaired) electrons. The quantitative estimate of drug-likeness (QED) is 0.684. The predicted octanol–water partition coefficient (Wildman–Crippen LogP) is -0.0231. The van der Waals surface area contributed by atoms with Gasteiger partial charge in [0.2, 0.25) is 0 Å². The average Bonchev–Trinajstić information content (AvgIpc) is 2.60. The Labute approximate surface area is 97.2 Å². The first-order valence-corrected chi connectivity index (χ1v) is 5.60. The van der Waals surface area contributed by atoms with Gasteiger partial charge in [-0.15, -0.1) is 0 Å². The molecule has 86 valence electrons. The van der Waals surface area contributed by atoms with Crippen LogP contribution >= 0.6 is 15.9 Å². The third kappa shape index (κ3) is 4.29. The van der Waals surface area contributed by atoms with Gasteiger partial charge in [-0.3, -0.25) is 4.68 Å². The van der Waals surface area contributed by atoms with E-state index in [1.807, 2.05) is 13.1 Å². The van der Waals surface area contributed by atoms with Crippen LogP contribution in [0.5, 0.6) is 0 Å². The summed E-state index contributed by atoms with van der Waals surface area (Å²) in [5, 5.41) is 25.0. The summed E-state index contributed by atoms with van der Waals surface area (Å²) >= 11 is 3.32. The summed E-state index contributed by atoms with van der Waals surface area (Å²) in [6.45, 7) is 2.54. The molecule has 0 aromatic carbocycles. The topological polar surface area (TPSA) is 70.3 Å². The van der Waals surface area contributed by atoms with E-state index in [-0.39, 0.29) is 25.3 Å². The van der Waals surface area contributed by atoms with E-state index in [0.29, 0.717) is 6.54 Å². The molecule has 0 amide bonds. The van der Waals surface area contributed by atoms with E-state index >= 15 is 0 Å². The lowest BCUT2D eigenvalue weighted by atomic mass is 10.2. The second kappa shape index (κ2) is 6.22. The maximum Gasteiger partial charge on any atom is 0.0632 e. The largest absolute Gasteiger partial charge is 0.395 e. The standard InChI is InChI=1S/C9H16BrN3O2/c1-7(12-9(5-14)6-15)3-13-4-8(10)2-11-13/h2,4,7,9,12,14-15H,3,5-6H2,1H3. The van der Waals surface area contributed by atoms with Crippen LogP contribution in [0.4, 0.5) is 0 Å². The molecule has 1 aromatic rings. The lowest BCUT2D eigenvalue weighted by Gasteiger charge is -2.19. The van der Waals surface area contributed by atoms with Crippen LogP contribution in [-0.2, 0) is 6.54 Å². The van der Waals surface area contributed by atoms with Gasteiger partial charge in [0.25, 0.3) is 0 Å². The van der Waals surface area contributed by atoms with E-state index in [0.717, 1.165) is 4.47 Å². The molecule has 1 rings (SSSR count). The highest BCUT2D eigenvalue weighted by molar-refractivity contribution is 9.10. The summed E-state index contributed by atoms with van der Waals surface area (Å²) in [7, 11) is 0. The van der Waals surface area contributed by atoms with Gasteiger partial charge in [0.15, 0.2) is 0 Å². The molecule has 0 aliphatic heterocycles. The zero-order valence-corrected chi connectivity index (χ0v) is 10.2. The maximum atomic E-state index is 8.89. The van der Waals surface area contributed by atoms with Crippen LogP contribution in [0, 0.1) is 0 Å². The molecule has 6 heteroatoms. The Morgan fingerprint density at radius 3 is 2.67 bits per heavy atom. The Kier molecular flexibility index (Phi) is 5.24. The highest BCUT2D eigenvalue weighted by Crippen LogP contribution is 2.06. The molecule has 0 bridgehead atoms. The van der Waals surface area contributed by atoms with Crippen molar-refractivity contribution in [1.82, 2.24) is 15.1 Å². The average molecular weight is 278 g/mol. The Hall–Kier alpha value is -0.430. The number of aliphatic hydroxyl groups excluding tert-OH is 2. The van der Waals surface area contributed by atoms with E-state index in [9.17, 15) is 0 Å². The first-order chi connectivity index (χ1) is 7.15. The van der Waals surface area contributed by atoms with E-state index in [2.05, 4.69) is 26.3 Å². The summed E-state index contributed by atoms with van der Waals surface area (Å²) in [6, 6.07) is -0.125. The molecule has 1 aromatic heterocycles. The molecule has 0 spiro atoms. The maximum absolute atomic E-state index is 8.89. The number of halogens is 1. The highest BCUT2D eigenvalue weighted by atomic mass is 79.9. The second-order valence-corrected chi connectivity index (χ2v) is 4.43. The van der Waals surface area contributed by atoms with Crippen molar-refractivity contribution in [2.24, 2.45) is 0 Å². The zero-order chi connectivity index (χ0) is 11.3. The SMILES string of the molecule is CC(Cn1cc(Br)cn1)NC(CO)CO. The summed E-state index contributed by atoms with van der Waals surface area (Å²) in [5.74, 6) is 0. The number of nitrogens with zero attached hydrogens (tertiary/aromatic N) is 2. The number of nitrogens with one attached hydrogen (secondary N) is 1. The predicted molar refractivity (Wildman–Crippen MR) is 60.5 cm³/mol. The first-order valence-electron chi connectivity index (χ1n) is 4.81. The molecular weight excluding hydrogens is 262 g/mol. The third-order valence-electron chi connectivity index (χ3n) is 2.02. The molecule has 0 fully saturated rings. The molecule has 1 heterocycles. The number of hydrogen-bond donors (Lipinski definition) is 3. The van der Waals surface area contributed by atoms with Gasteiger partial charge < -0.3 is 15.5 Å². The highest BCUT2D eigenvalue weighted by Gasteiger charge is 2.10. The van der Waals surface area contributed by atoms with Crippen LogP contribution in [0.3, 0.4) is 0 Å². The smallest absolute Gasteiger partial charge is 0.0632 e. The molecule has 0 saturated heterocycles. The van der Waals surface area contributed by atoms with Gasteiger partial charge in [-0.2, -0.15) is 5.10 Å². The molecular formula is C9H16BrN3O2. The fourth-order valence-electron chi connectivity index (χ4n) is 1.34. The minimum Gasteiger partial charge on any atom is -0.395 e. The Morgan fingerprint density at radius 2 is 2.20 bits per heavy atom. The van der Waals surface area contributed by atoms with Crippen molar-refractivity contribution < 1.29 is 10.2 Å². The van der Waals surface area contributed by atoms with Gasteiger partial charge in [-0.1, -0.05) is 0 Å².